The molecule has 11 aromatic carbocycles. The molecule has 1 spiro atoms. The van der Waals surface area contributed by atoms with E-state index in [1.807, 2.05) is 0 Å². The SMILES string of the molecule is Cp1c2ccccc2c2cccc(-c3cccc4c(-c5cccc6c5C5(c7ccccc7-c7ccccc75)c5ccccc5-6)c5cccc(-c6cccc7c8ccccc8p(C)c67)c5cc34)c21. The van der Waals surface area contributed by atoms with Crippen LogP contribution in [-0.4, -0.2) is 0 Å². The molecule has 2 heterocycles. The maximum absolute atomic E-state index is 2.57. The highest BCUT2D eigenvalue weighted by molar-refractivity contribution is 7.60. The molecule has 0 saturated heterocycles. The van der Waals surface area contributed by atoms with Crippen molar-refractivity contribution in [2.75, 3.05) is 0 Å². The van der Waals surface area contributed by atoms with Gasteiger partial charge in [-0.1, -0.05) is 212 Å². The fourth-order valence-electron chi connectivity index (χ4n) is 13.2. The van der Waals surface area contributed by atoms with Gasteiger partial charge in [-0.05, 0) is 140 Å². The summed E-state index contributed by atoms with van der Waals surface area (Å²) in [5.74, 6) is 0. The molecule has 0 radical (unpaired) electrons. The Bertz CT molecular complexity index is 4070. The Kier molecular flexibility index (Phi) is 7.77. The third-order valence-corrected chi connectivity index (χ3v) is 20.3. The highest BCUT2D eigenvalue weighted by Gasteiger charge is 2.52. The molecule has 0 saturated carbocycles. The van der Waals surface area contributed by atoms with Crippen LogP contribution < -0.4 is 0 Å². The first kappa shape index (κ1) is 37.7. The molecule has 67 heavy (non-hydrogen) atoms. The molecule has 0 bridgehead atoms. The lowest BCUT2D eigenvalue weighted by molar-refractivity contribution is 0.796. The van der Waals surface area contributed by atoms with Crippen LogP contribution in [0.25, 0.3) is 119 Å². The first-order valence-electron chi connectivity index (χ1n) is 23.5. The van der Waals surface area contributed by atoms with Gasteiger partial charge in [0.05, 0.1) is 5.41 Å². The number of aryl methyl sites for hydroxylation is 2. The van der Waals surface area contributed by atoms with Crippen molar-refractivity contribution in [3.8, 4) is 55.6 Å². The molecule has 2 aromatic heterocycles. The van der Waals surface area contributed by atoms with Crippen LogP contribution in [0.3, 0.4) is 0 Å². The molecule has 13 aromatic rings. The van der Waals surface area contributed by atoms with Crippen LogP contribution in [0.15, 0.2) is 218 Å². The van der Waals surface area contributed by atoms with E-state index in [2.05, 4.69) is 232 Å². The van der Waals surface area contributed by atoms with Gasteiger partial charge < -0.3 is 0 Å². The van der Waals surface area contributed by atoms with Gasteiger partial charge in [-0.2, -0.15) is 0 Å². The van der Waals surface area contributed by atoms with Gasteiger partial charge in [0.2, 0.25) is 0 Å². The van der Waals surface area contributed by atoms with Crippen molar-refractivity contribution >= 4 is 78.6 Å². The van der Waals surface area contributed by atoms with E-state index < -0.39 is 20.5 Å². The van der Waals surface area contributed by atoms with Crippen LogP contribution in [-0.2, 0) is 18.7 Å². The minimum absolute atomic E-state index is 0.492. The summed E-state index contributed by atoms with van der Waals surface area (Å²) in [5, 5.41) is 16.7. The molecule has 15 rings (SSSR count). The molecule has 2 aliphatic carbocycles. The normalized spacial score (nSPS) is 13.9. The number of hydrogen-bond acceptors (Lipinski definition) is 0. The summed E-state index contributed by atoms with van der Waals surface area (Å²) in [5.41, 5.74) is 18.2. The Morgan fingerprint density at radius 1 is 0.269 bits per heavy atom. The topological polar surface area (TPSA) is 0 Å². The summed E-state index contributed by atoms with van der Waals surface area (Å²) in [7, 11) is -1.09. The first-order chi connectivity index (χ1) is 33.1. The molecule has 2 atom stereocenters. The number of rotatable bonds is 3. The van der Waals surface area contributed by atoms with Gasteiger partial charge in [-0.25, -0.2) is 0 Å². The van der Waals surface area contributed by atoms with E-state index in [0.717, 1.165) is 0 Å². The predicted octanol–water partition coefficient (Wildman–Crippen LogP) is 19.0. The fourth-order valence-corrected chi connectivity index (χ4v) is 17.6. The third-order valence-electron chi connectivity index (χ3n) is 15.8. The zero-order valence-electron chi connectivity index (χ0n) is 37.2. The number of benzene rings is 11. The van der Waals surface area contributed by atoms with E-state index in [4.69, 9.17) is 0 Å². The maximum atomic E-state index is 2.57. The second kappa shape index (κ2) is 13.8. The Labute approximate surface area is 391 Å². The van der Waals surface area contributed by atoms with Gasteiger partial charge in [0.25, 0.3) is 0 Å². The molecule has 0 aliphatic heterocycles. The largest absolute Gasteiger partial charge is 0.111 e. The molecule has 2 aliphatic rings. The fraction of sp³-hybridized carbons (Fsp3) is 0.0462. The Morgan fingerprint density at radius 2 is 0.612 bits per heavy atom. The van der Waals surface area contributed by atoms with Gasteiger partial charge in [-0.15, -0.1) is 15.1 Å². The number of fused-ring (bicyclic) bond motifs is 18. The van der Waals surface area contributed by atoms with Crippen molar-refractivity contribution in [3.05, 3.63) is 241 Å². The van der Waals surface area contributed by atoms with Crippen molar-refractivity contribution < 1.29 is 0 Å². The van der Waals surface area contributed by atoms with Crippen LogP contribution in [0.2, 0.25) is 0 Å². The summed E-state index contributed by atoms with van der Waals surface area (Å²) in [4.78, 5) is 0. The van der Waals surface area contributed by atoms with Crippen LogP contribution in [0.4, 0.5) is 0 Å². The van der Waals surface area contributed by atoms with Crippen molar-refractivity contribution in [1.29, 1.82) is 0 Å². The lowest BCUT2D eigenvalue weighted by atomic mass is 9.68. The van der Waals surface area contributed by atoms with Crippen molar-refractivity contribution in [3.63, 3.8) is 0 Å². The van der Waals surface area contributed by atoms with Gasteiger partial charge in [0.15, 0.2) is 0 Å². The summed E-state index contributed by atoms with van der Waals surface area (Å²) in [6.07, 6.45) is 0. The minimum Gasteiger partial charge on any atom is -0.111 e. The molecule has 2 heteroatoms. The summed E-state index contributed by atoms with van der Waals surface area (Å²) < 4.78 is 0. The van der Waals surface area contributed by atoms with Crippen LogP contribution in [0.1, 0.15) is 22.3 Å². The van der Waals surface area contributed by atoms with Gasteiger partial charge in [0, 0.05) is 20.5 Å². The van der Waals surface area contributed by atoms with Gasteiger partial charge >= 0.3 is 0 Å². The summed E-state index contributed by atoms with van der Waals surface area (Å²) in [6.45, 7) is 4.93. The molecule has 0 amide bonds. The zero-order valence-corrected chi connectivity index (χ0v) is 39.0. The van der Waals surface area contributed by atoms with Gasteiger partial charge in [-0.3, -0.25) is 0 Å². The van der Waals surface area contributed by atoms with E-state index in [-0.39, 0.29) is 0 Å². The molecule has 0 N–H and O–H groups in total. The summed E-state index contributed by atoms with van der Waals surface area (Å²) in [6, 6.07) is 84.0. The van der Waals surface area contributed by atoms with E-state index in [1.165, 1.54) is 141 Å². The van der Waals surface area contributed by atoms with Crippen LogP contribution >= 0.6 is 15.1 Å². The quantitative estimate of drug-likeness (QED) is 0.155. The Balaban J connectivity index is 1.13. The van der Waals surface area contributed by atoms with E-state index in [9.17, 15) is 0 Å². The highest BCUT2D eigenvalue weighted by atomic mass is 31.1. The smallest absolute Gasteiger partial charge is 0.0731 e. The average molecular weight is 885 g/mol. The molecular weight excluding hydrogens is 843 g/mol. The Hall–Kier alpha value is -7.46. The van der Waals surface area contributed by atoms with Crippen LogP contribution in [0, 0.1) is 0 Å². The van der Waals surface area contributed by atoms with Gasteiger partial charge in [0.1, 0.15) is 0 Å². The van der Waals surface area contributed by atoms with Crippen molar-refractivity contribution in [2.45, 2.75) is 5.41 Å². The summed E-state index contributed by atoms with van der Waals surface area (Å²) >= 11 is 0. The highest BCUT2D eigenvalue weighted by Crippen LogP contribution is 2.65. The second-order valence-corrected chi connectivity index (χ2v) is 22.8. The van der Waals surface area contributed by atoms with Crippen molar-refractivity contribution in [2.24, 2.45) is 13.3 Å². The minimum atomic E-state index is -0.544. The molecule has 0 fully saturated rings. The third kappa shape index (κ3) is 4.80. The molecule has 312 valence electrons. The predicted molar refractivity (Wildman–Crippen MR) is 291 cm³/mol. The van der Waals surface area contributed by atoms with E-state index in [0.29, 0.717) is 0 Å². The van der Waals surface area contributed by atoms with E-state index >= 15 is 0 Å². The molecular formula is C65H42P2. The first-order valence-corrected chi connectivity index (χ1v) is 27.1. The average Bonchev–Trinajstić information content (AvgIpc) is 4.07. The van der Waals surface area contributed by atoms with Crippen LogP contribution in [0.5, 0.6) is 0 Å². The number of hydrogen-bond donors (Lipinski definition) is 0. The lowest BCUT2D eigenvalue weighted by Crippen LogP contribution is -2.26. The van der Waals surface area contributed by atoms with E-state index in [1.54, 1.807) is 0 Å². The van der Waals surface area contributed by atoms with Crippen molar-refractivity contribution in [1.82, 2.24) is 0 Å². The maximum Gasteiger partial charge on any atom is 0.0731 e. The molecule has 0 nitrogen and oxygen atoms in total. The monoisotopic (exact) mass is 884 g/mol. The molecule has 2 unspecified atom stereocenters. The lowest BCUT2D eigenvalue weighted by Gasteiger charge is -2.32. The zero-order chi connectivity index (χ0) is 44.1. The second-order valence-electron chi connectivity index (χ2n) is 18.7. The Morgan fingerprint density at radius 3 is 1.12 bits per heavy atom. The standard InChI is InChI=1S/C65H42P2/c1-66-59-36-11-6-21-44(59)51-30-16-28-49(63(51)66)39-23-13-25-46-54(39)38-55-40(50-29-17-31-52-45-22-7-12-37-60(45)67(2)64(50)52)24-14-26-47(55)61(46)53-32-15-27-48-43-20-5-10-35-58(43)65(62(48)53)56-33-8-3-18-41(56)42-19-4-9-34-57(42)65/h3-38H,1-2H3.